The van der Waals surface area contributed by atoms with E-state index in [0.717, 1.165) is 31.9 Å². The molecule has 192 valence electrons. The molecule has 4 N–H and O–H groups in total. The van der Waals surface area contributed by atoms with E-state index in [2.05, 4.69) is 37.6 Å². The highest BCUT2D eigenvalue weighted by Crippen LogP contribution is 2.33. The van der Waals surface area contributed by atoms with Crippen LogP contribution in [0.3, 0.4) is 0 Å². The molecule has 1 aliphatic carbocycles. The molecular weight excluding hydrogens is 469 g/mol. The van der Waals surface area contributed by atoms with Crippen LogP contribution < -0.4 is 20.7 Å². The maximum Gasteiger partial charge on any atom is 0.573 e. The molecule has 0 saturated heterocycles. The van der Waals surface area contributed by atoms with Crippen LogP contribution in [0.15, 0.2) is 30.5 Å². The van der Waals surface area contributed by atoms with Gasteiger partial charge in [0.2, 0.25) is 11.8 Å². The molecule has 0 unspecified atom stereocenters. The van der Waals surface area contributed by atoms with E-state index in [1.54, 1.807) is 6.07 Å². The highest BCUT2D eigenvalue weighted by Gasteiger charge is 2.32. The van der Waals surface area contributed by atoms with E-state index in [0.29, 0.717) is 13.1 Å². The molecule has 35 heavy (non-hydrogen) atoms. The zero-order valence-corrected chi connectivity index (χ0v) is 19.3. The van der Waals surface area contributed by atoms with Crippen LogP contribution in [0.4, 0.5) is 30.6 Å². The summed E-state index contributed by atoms with van der Waals surface area (Å²) in [6.45, 7) is 3.14. The molecule has 0 atom stereocenters. The van der Waals surface area contributed by atoms with Crippen molar-refractivity contribution in [1.82, 2.24) is 15.3 Å². The van der Waals surface area contributed by atoms with Gasteiger partial charge in [0.1, 0.15) is 11.9 Å². The van der Waals surface area contributed by atoms with Crippen molar-refractivity contribution in [2.45, 2.75) is 51.1 Å². The molecule has 0 aliphatic heterocycles. The number of halogens is 3. The lowest BCUT2D eigenvalue weighted by Crippen LogP contribution is -2.46. The van der Waals surface area contributed by atoms with Crippen LogP contribution in [0.1, 0.15) is 38.2 Å². The molecule has 1 aliphatic rings. The first-order valence-corrected chi connectivity index (χ1v) is 11.3. The first-order valence-electron chi connectivity index (χ1n) is 11.3. The summed E-state index contributed by atoms with van der Waals surface area (Å²) >= 11 is 0. The topological polar surface area (TPSA) is 134 Å². The van der Waals surface area contributed by atoms with Gasteiger partial charge in [-0.15, -0.1) is 13.2 Å². The van der Waals surface area contributed by atoms with Gasteiger partial charge in [0.05, 0.1) is 11.5 Å². The minimum absolute atomic E-state index is 0.0318. The molecule has 0 amide bonds. The second kappa shape index (κ2) is 11.5. The lowest BCUT2D eigenvalue weighted by atomic mass is 9.77. The molecule has 1 saturated carbocycles. The van der Waals surface area contributed by atoms with Crippen molar-refractivity contribution in [3.63, 3.8) is 0 Å². The van der Waals surface area contributed by atoms with Crippen LogP contribution in [0.5, 0.6) is 5.75 Å². The Morgan fingerprint density at radius 3 is 2.63 bits per heavy atom. The second-order valence-corrected chi connectivity index (χ2v) is 8.73. The lowest BCUT2D eigenvalue weighted by Gasteiger charge is -2.38. The number of benzene rings is 1. The molecule has 13 heteroatoms. The Kier molecular flexibility index (Phi) is 8.67. The molecule has 2 aromatic rings. The molecule has 0 radical (unpaired) electrons. The Hall–Kier alpha value is -3.19. The summed E-state index contributed by atoms with van der Waals surface area (Å²) in [4.78, 5) is 19.0. The van der Waals surface area contributed by atoms with E-state index in [1.165, 1.54) is 18.2 Å². The van der Waals surface area contributed by atoms with Crippen LogP contribution in [-0.2, 0) is 6.54 Å². The summed E-state index contributed by atoms with van der Waals surface area (Å²) in [5, 5.41) is 29.7. The van der Waals surface area contributed by atoms with E-state index in [-0.39, 0.29) is 53.4 Å². The molecule has 1 aromatic heterocycles. The monoisotopic (exact) mass is 498 g/mol. The van der Waals surface area contributed by atoms with Gasteiger partial charge < -0.3 is 25.8 Å². The summed E-state index contributed by atoms with van der Waals surface area (Å²) in [6, 6.07) is 5.65. The van der Waals surface area contributed by atoms with Gasteiger partial charge in [0.25, 0.3) is 0 Å². The third-order valence-electron chi connectivity index (χ3n) is 6.03. The Morgan fingerprint density at radius 2 is 1.97 bits per heavy atom. The summed E-state index contributed by atoms with van der Waals surface area (Å²) in [7, 11) is 0. The Labute approximate surface area is 200 Å². The SMILES string of the molecule is CC1(NCCO)CCC(CNc2nc(NCc3ccccc3OC(F)(F)F)ncc2[N+](=O)[O-])CC1. The minimum Gasteiger partial charge on any atom is -0.405 e. The zero-order valence-electron chi connectivity index (χ0n) is 19.3. The van der Waals surface area contributed by atoms with Crippen molar-refractivity contribution in [2.75, 3.05) is 30.3 Å². The van der Waals surface area contributed by atoms with Crippen molar-refractivity contribution in [2.24, 2.45) is 5.92 Å². The quantitative estimate of drug-likeness (QED) is 0.269. The fourth-order valence-electron chi connectivity index (χ4n) is 4.07. The number of ether oxygens (including phenoxy) is 1. The fraction of sp³-hybridized carbons (Fsp3) is 0.545. The van der Waals surface area contributed by atoms with Gasteiger partial charge in [-0.2, -0.15) is 4.98 Å². The van der Waals surface area contributed by atoms with Gasteiger partial charge in [-0.3, -0.25) is 10.1 Å². The van der Waals surface area contributed by atoms with E-state index in [4.69, 9.17) is 5.11 Å². The van der Waals surface area contributed by atoms with E-state index in [9.17, 15) is 23.3 Å². The smallest absolute Gasteiger partial charge is 0.405 e. The number of anilines is 2. The number of nitrogens with one attached hydrogen (secondary N) is 3. The number of aliphatic hydroxyl groups is 1. The normalized spacial score (nSPS) is 20.3. The molecule has 3 rings (SSSR count). The molecular formula is C22H29F3N6O4. The summed E-state index contributed by atoms with van der Waals surface area (Å²) in [5.74, 6) is 0.00492. The highest BCUT2D eigenvalue weighted by atomic mass is 19.4. The van der Waals surface area contributed by atoms with Crippen molar-refractivity contribution in [3.05, 3.63) is 46.1 Å². The molecule has 1 aromatic carbocycles. The number of para-hydroxylation sites is 1. The first-order chi connectivity index (χ1) is 16.6. The van der Waals surface area contributed by atoms with Crippen molar-refractivity contribution < 1.29 is 27.9 Å². The van der Waals surface area contributed by atoms with Gasteiger partial charge in [0, 0.05) is 30.7 Å². The van der Waals surface area contributed by atoms with Gasteiger partial charge >= 0.3 is 12.0 Å². The maximum absolute atomic E-state index is 12.6. The average Bonchev–Trinajstić information content (AvgIpc) is 2.81. The molecule has 0 bridgehead atoms. The van der Waals surface area contributed by atoms with Crippen molar-refractivity contribution in [1.29, 1.82) is 0 Å². The standard InChI is InChI=1S/C22H29F3N6O4/c1-21(29-10-11-32)8-6-15(7-9-21)12-26-19-17(31(33)34)14-28-20(30-19)27-13-16-4-2-3-5-18(16)35-22(23,24)25/h2-5,14-15,29,32H,6-13H2,1H3,(H2,26,27,28,30). The van der Waals surface area contributed by atoms with E-state index in [1.807, 2.05) is 0 Å². The van der Waals surface area contributed by atoms with E-state index < -0.39 is 11.3 Å². The molecule has 0 spiro atoms. The number of nitro groups is 1. The van der Waals surface area contributed by atoms with Crippen LogP contribution in [0, 0.1) is 16.0 Å². The van der Waals surface area contributed by atoms with Crippen LogP contribution in [-0.4, -0.2) is 51.6 Å². The third kappa shape index (κ3) is 7.92. The predicted molar refractivity (Wildman–Crippen MR) is 123 cm³/mol. The van der Waals surface area contributed by atoms with Gasteiger partial charge in [-0.25, -0.2) is 4.98 Å². The molecule has 1 fully saturated rings. The number of alkyl halides is 3. The first kappa shape index (κ1) is 26.4. The van der Waals surface area contributed by atoms with Crippen LogP contribution >= 0.6 is 0 Å². The zero-order chi connectivity index (χ0) is 25.5. The number of rotatable bonds is 11. The van der Waals surface area contributed by atoms with Crippen LogP contribution in [0.25, 0.3) is 0 Å². The predicted octanol–water partition coefficient (Wildman–Crippen LogP) is 3.84. The van der Waals surface area contributed by atoms with E-state index >= 15 is 0 Å². The average molecular weight is 499 g/mol. The number of β-amino-alcohol motifs (C(OH)–C–C–N with tert-alkyl or cyclic N) is 1. The Morgan fingerprint density at radius 1 is 1.26 bits per heavy atom. The van der Waals surface area contributed by atoms with Crippen molar-refractivity contribution >= 4 is 17.5 Å². The largest absolute Gasteiger partial charge is 0.573 e. The molecule has 1 heterocycles. The van der Waals surface area contributed by atoms with Gasteiger partial charge in [-0.1, -0.05) is 18.2 Å². The minimum atomic E-state index is -4.83. The fourth-order valence-corrected chi connectivity index (χ4v) is 4.07. The second-order valence-electron chi connectivity index (χ2n) is 8.73. The summed E-state index contributed by atoms with van der Waals surface area (Å²) in [6.07, 6.45) is -0.131. The summed E-state index contributed by atoms with van der Waals surface area (Å²) < 4.78 is 42.0. The third-order valence-corrected chi connectivity index (χ3v) is 6.03. The Balaban J connectivity index is 1.63. The van der Waals surface area contributed by atoms with Crippen molar-refractivity contribution in [3.8, 4) is 5.75 Å². The van der Waals surface area contributed by atoms with Crippen LogP contribution in [0.2, 0.25) is 0 Å². The lowest BCUT2D eigenvalue weighted by molar-refractivity contribution is -0.384. The van der Waals surface area contributed by atoms with Gasteiger partial charge in [-0.05, 0) is 44.6 Å². The number of hydrogen-bond donors (Lipinski definition) is 4. The highest BCUT2D eigenvalue weighted by molar-refractivity contribution is 5.57. The number of hydrogen-bond acceptors (Lipinski definition) is 9. The number of nitrogens with zero attached hydrogens (tertiary/aromatic N) is 3. The number of aliphatic hydroxyl groups excluding tert-OH is 1. The maximum atomic E-state index is 12.6. The summed E-state index contributed by atoms with van der Waals surface area (Å²) in [5.41, 5.74) is -0.105. The van der Waals surface area contributed by atoms with Gasteiger partial charge in [0.15, 0.2) is 0 Å². The number of aromatic nitrogens is 2. The Bertz CT molecular complexity index is 999. The molecule has 10 nitrogen and oxygen atoms in total.